The van der Waals surface area contributed by atoms with Gasteiger partial charge in [0.05, 0.1) is 7.11 Å². The maximum atomic E-state index is 12.1. The molecular weight excluding hydrogens is 300 g/mol. The van der Waals surface area contributed by atoms with Crippen LogP contribution in [0.3, 0.4) is 0 Å². The Morgan fingerprint density at radius 2 is 1.91 bits per heavy atom. The van der Waals surface area contributed by atoms with E-state index in [1.54, 1.807) is 18.9 Å². The lowest BCUT2D eigenvalue weighted by atomic mass is 10.1. The van der Waals surface area contributed by atoms with Crippen LogP contribution in [0.25, 0.3) is 0 Å². The summed E-state index contributed by atoms with van der Waals surface area (Å²) in [6.45, 7) is 8.16. The van der Waals surface area contributed by atoms with Gasteiger partial charge in [0, 0.05) is 32.6 Å². The molecule has 0 aromatic carbocycles. The van der Waals surface area contributed by atoms with Crippen LogP contribution in [-0.2, 0) is 19.1 Å². The van der Waals surface area contributed by atoms with Crippen LogP contribution in [0, 0.1) is 0 Å². The number of carbonyl (C=O) groups excluding carboxylic acids is 3. The summed E-state index contributed by atoms with van der Waals surface area (Å²) >= 11 is 0. The predicted octanol–water partition coefficient (Wildman–Crippen LogP) is 1.45. The van der Waals surface area contributed by atoms with Crippen LogP contribution < -0.4 is 0 Å². The van der Waals surface area contributed by atoms with E-state index in [-0.39, 0.29) is 18.2 Å². The topological polar surface area (TPSA) is 76.2 Å². The molecule has 0 spiro atoms. The van der Waals surface area contributed by atoms with Gasteiger partial charge in [-0.25, -0.2) is 9.59 Å². The minimum Gasteiger partial charge on any atom is -0.468 e. The highest BCUT2D eigenvalue weighted by Gasteiger charge is 2.39. The molecule has 0 aliphatic carbocycles. The van der Waals surface area contributed by atoms with Crippen molar-refractivity contribution >= 4 is 17.8 Å². The first-order valence-corrected chi connectivity index (χ1v) is 7.91. The van der Waals surface area contributed by atoms with E-state index in [0.717, 1.165) is 0 Å². The van der Waals surface area contributed by atoms with Gasteiger partial charge in [-0.2, -0.15) is 0 Å². The Bertz CT molecular complexity index is 442. The zero-order chi connectivity index (χ0) is 17.8. The van der Waals surface area contributed by atoms with Crippen molar-refractivity contribution in [2.45, 2.75) is 58.2 Å². The lowest BCUT2D eigenvalue weighted by molar-refractivity contribution is -0.150. The van der Waals surface area contributed by atoms with Crippen LogP contribution in [0.2, 0.25) is 0 Å². The summed E-state index contributed by atoms with van der Waals surface area (Å²) in [6.07, 6.45) is 0.545. The second kappa shape index (κ2) is 7.77. The van der Waals surface area contributed by atoms with Crippen LogP contribution in [0.15, 0.2) is 0 Å². The van der Waals surface area contributed by atoms with Gasteiger partial charge < -0.3 is 14.4 Å². The molecular formula is C16H28N2O5. The number of amides is 1. The van der Waals surface area contributed by atoms with E-state index in [0.29, 0.717) is 19.5 Å². The molecule has 0 aromatic rings. The highest BCUT2D eigenvalue weighted by Crippen LogP contribution is 2.21. The number of ether oxygens (including phenoxy) is 2. The smallest absolute Gasteiger partial charge is 0.410 e. The molecule has 2 unspecified atom stereocenters. The van der Waals surface area contributed by atoms with Crippen molar-refractivity contribution in [3.63, 3.8) is 0 Å². The van der Waals surface area contributed by atoms with Gasteiger partial charge in [-0.15, -0.1) is 0 Å². The summed E-state index contributed by atoms with van der Waals surface area (Å²) in [4.78, 5) is 39.4. The molecule has 0 radical (unpaired) electrons. The molecule has 132 valence electrons. The number of methoxy groups -OCH3 is 1. The molecule has 1 amide bonds. The summed E-state index contributed by atoms with van der Waals surface area (Å²) in [5, 5.41) is 0. The molecule has 2 atom stereocenters. The zero-order valence-corrected chi connectivity index (χ0v) is 14.9. The highest BCUT2D eigenvalue weighted by molar-refractivity contribution is 6.03. The fourth-order valence-corrected chi connectivity index (χ4v) is 2.59. The third kappa shape index (κ3) is 5.20. The number of esters is 1. The molecule has 1 aliphatic rings. The lowest BCUT2D eigenvalue weighted by Crippen LogP contribution is -2.48. The Morgan fingerprint density at radius 3 is 2.39 bits per heavy atom. The first-order chi connectivity index (χ1) is 10.6. The van der Waals surface area contributed by atoms with Gasteiger partial charge in [0.2, 0.25) is 0 Å². The summed E-state index contributed by atoms with van der Waals surface area (Å²) in [5.74, 6) is -0.713. The maximum Gasteiger partial charge on any atom is 0.410 e. The number of carbonyl (C=O) groups is 3. The Hall–Kier alpha value is -1.63. The van der Waals surface area contributed by atoms with E-state index in [2.05, 4.69) is 0 Å². The Labute approximate surface area is 137 Å². The second-order valence-electron chi connectivity index (χ2n) is 6.77. The van der Waals surface area contributed by atoms with E-state index in [4.69, 9.17) is 9.47 Å². The number of hydrogen-bond donors (Lipinski definition) is 0. The van der Waals surface area contributed by atoms with Gasteiger partial charge >= 0.3 is 12.1 Å². The zero-order valence-electron chi connectivity index (χ0n) is 14.9. The van der Waals surface area contributed by atoms with Crippen LogP contribution in [0.4, 0.5) is 4.79 Å². The van der Waals surface area contributed by atoms with Crippen molar-refractivity contribution in [3.8, 4) is 0 Å². The maximum absolute atomic E-state index is 12.1. The molecule has 0 aromatic heterocycles. The Balaban J connectivity index is 2.74. The van der Waals surface area contributed by atoms with Crippen LogP contribution in [0.1, 0.15) is 40.5 Å². The summed E-state index contributed by atoms with van der Waals surface area (Å²) in [6, 6.07) is -0.983. The first kappa shape index (κ1) is 19.4. The van der Waals surface area contributed by atoms with Crippen molar-refractivity contribution in [1.29, 1.82) is 0 Å². The van der Waals surface area contributed by atoms with Crippen LogP contribution in [-0.4, -0.2) is 72.6 Å². The first-order valence-electron chi connectivity index (χ1n) is 7.91. The predicted molar refractivity (Wildman–Crippen MR) is 85.1 cm³/mol. The van der Waals surface area contributed by atoms with Crippen molar-refractivity contribution in [2.75, 3.05) is 27.2 Å². The fraction of sp³-hybridized carbons (Fsp3) is 0.812. The van der Waals surface area contributed by atoms with Crippen LogP contribution in [0.5, 0.6) is 0 Å². The number of rotatable bonds is 5. The average Bonchev–Trinajstić information content (AvgIpc) is 2.93. The van der Waals surface area contributed by atoms with Gasteiger partial charge in [-0.05, 0) is 27.2 Å². The standard InChI is InChI=1S/C16H28N2O5/c1-7-12(19)13(14(20)22-6)18-9-8-11(10-18)17(5)15(21)23-16(2,3)4/h11,13H,7-10H2,1-6H3. The molecule has 0 bridgehead atoms. The molecule has 7 nitrogen and oxygen atoms in total. The number of ketones is 1. The van der Waals surface area contributed by atoms with E-state index < -0.39 is 23.7 Å². The highest BCUT2D eigenvalue weighted by atomic mass is 16.6. The molecule has 1 fully saturated rings. The van der Waals surface area contributed by atoms with Gasteiger partial charge in [0.25, 0.3) is 0 Å². The third-order valence-electron chi connectivity index (χ3n) is 3.87. The number of likely N-dealkylation sites (tertiary alicyclic amines) is 1. The van der Waals surface area contributed by atoms with E-state index in [9.17, 15) is 14.4 Å². The summed E-state index contributed by atoms with van der Waals surface area (Å²) < 4.78 is 10.1. The van der Waals surface area contributed by atoms with Crippen molar-refractivity contribution in [2.24, 2.45) is 0 Å². The van der Waals surface area contributed by atoms with Gasteiger partial charge in [0.15, 0.2) is 11.8 Å². The minimum atomic E-state index is -0.887. The normalized spacial score (nSPS) is 20.0. The second-order valence-corrected chi connectivity index (χ2v) is 6.77. The minimum absolute atomic E-state index is 0.0957. The monoisotopic (exact) mass is 328 g/mol. The molecule has 0 saturated carbocycles. The number of hydrogen-bond acceptors (Lipinski definition) is 6. The third-order valence-corrected chi connectivity index (χ3v) is 3.87. The van der Waals surface area contributed by atoms with Gasteiger partial charge in [-0.3, -0.25) is 9.69 Å². The van der Waals surface area contributed by atoms with Crippen molar-refractivity contribution in [3.05, 3.63) is 0 Å². The molecule has 1 rings (SSSR count). The summed E-state index contributed by atoms with van der Waals surface area (Å²) in [5.41, 5.74) is -0.559. The van der Waals surface area contributed by atoms with Gasteiger partial charge in [-0.1, -0.05) is 6.92 Å². The van der Waals surface area contributed by atoms with E-state index >= 15 is 0 Å². The SMILES string of the molecule is CCC(=O)C(C(=O)OC)N1CCC(N(C)C(=O)OC(C)(C)C)C1. The van der Waals surface area contributed by atoms with E-state index in [1.807, 2.05) is 20.8 Å². The van der Waals surface area contributed by atoms with Gasteiger partial charge in [0.1, 0.15) is 5.60 Å². The molecule has 23 heavy (non-hydrogen) atoms. The molecule has 1 saturated heterocycles. The Kier molecular flexibility index (Phi) is 6.56. The van der Waals surface area contributed by atoms with Crippen LogP contribution >= 0.6 is 0 Å². The molecule has 1 heterocycles. The summed E-state index contributed by atoms with van der Waals surface area (Å²) in [7, 11) is 2.95. The van der Waals surface area contributed by atoms with Crippen molar-refractivity contribution in [1.82, 2.24) is 9.80 Å². The fourth-order valence-electron chi connectivity index (χ4n) is 2.59. The lowest BCUT2D eigenvalue weighted by Gasteiger charge is -2.29. The number of likely N-dealkylation sites (N-methyl/N-ethyl adjacent to an activating group) is 1. The van der Waals surface area contributed by atoms with Crippen molar-refractivity contribution < 1.29 is 23.9 Å². The van der Waals surface area contributed by atoms with E-state index in [1.165, 1.54) is 12.0 Å². The molecule has 7 heteroatoms. The number of nitrogens with zero attached hydrogens (tertiary/aromatic N) is 2. The molecule has 0 N–H and O–H groups in total. The Morgan fingerprint density at radius 1 is 1.30 bits per heavy atom. The largest absolute Gasteiger partial charge is 0.468 e. The molecule has 1 aliphatic heterocycles. The quantitative estimate of drug-likeness (QED) is 0.561. The number of Topliss-reactive ketones (excluding diaryl/α,β-unsaturated/α-hetero) is 1. The average molecular weight is 328 g/mol.